The van der Waals surface area contributed by atoms with Crippen molar-refractivity contribution in [3.63, 3.8) is 0 Å². The van der Waals surface area contributed by atoms with E-state index in [2.05, 4.69) is 13.8 Å². The Morgan fingerprint density at radius 3 is 2.70 bits per heavy atom. The highest BCUT2D eigenvalue weighted by atomic mass is 16.5. The molecule has 1 rings (SSSR count). The van der Waals surface area contributed by atoms with E-state index in [9.17, 15) is 0 Å². The van der Waals surface area contributed by atoms with E-state index < -0.39 is 0 Å². The van der Waals surface area contributed by atoms with Gasteiger partial charge in [-0.15, -0.1) is 0 Å². The molecule has 0 spiro atoms. The first-order chi connectivity index (χ1) is 4.58. The molecule has 2 nitrogen and oxygen atoms in total. The summed E-state index contributed by atoms with van der Waals surface area (Å²) >= 11 is 0. The Labute approximate surface area is 62.7 Å². The first-order valence-electron chi connectivity index (χ1n) is 3.98. The normalized spacial score (nSPS) is 27.3. The third kappa shape index (κ3) is 2.67. The largest absolute Gasteiger partial charge is 0.378 e. The summed E-state index contributed by atoms with van der Waals surface area (Å²) < 4.78 is 5.45. The zero-order valence-electron chi connectivity index (χ0n) is 6.89. The second-order valence-corrected chi connectivity index (χ2v) is 3.83. The highest BCUT2D eigenvalue weighted by Gasteiger charge is 2.22. The molecule has 1 aliphatic heterocycles. The first-order valence-corrected chi connectivity index (χ1v) is 3.98. The van der Waals surface area contributed by atoms with Crippen LogP contribution in [0.2, 0.25) is 0 Å². The van der Waals surface area contributed by atoms with Gasteiger partial charge in [-0.3, -0.25) is 0 Å². The molecule has 1 atom stereocenters. The number of hydrogen-bond acceptors (Lipinski definition) is 2. The zero-order valence-corrected chi connectivity index (χ0v) is 6.89. The molecule has 0 bridgehead atoms. The van der Waals surface area contributed by atoms with E-state index in [4.69, 9.17) is 10.5 Å². The standard InChI is InChI=1S/C8H17NO/c1-8(2,9)6-7-4-3-5-10-7/h7H,3-6,9H2,1-2H3. The van der Waals surface area contributed by atoms with Crippen molar-refractivity contribution in [3.05, 3.63) is 0 Å². The summed E-state index contributed by atoms with van der Waals surface area (Å²) in [5.41, 5.74) is 5.77. The number of hydrogen-bond donors (Lipinski definition) is 1. The van der Waals surface area contributed by atoms with Gasteiger partial charge in [0.15, 0.2) is 0 Å². The van der Waals surface area contributed by atoms with Gasteiger partial charge in [0.2, 0.25) is 0 Å². The lowest BCUT2D eigenvalue weighted by Crippen LogP contribution is -2.35. The quantitative estimate of drug-likeness (QED) is 0.632. The summed E-state index contributed by atoms with van der Waals surface area (Å²) in [6.07, 6.45) is 3.83. The van der Waals surface area contributed by atoms with Crippen molar-refractivity contribution in [1.82, 2.24) is 0 Å². The summed E-state index contributed by atoms with van der Waals surface area (Å²) in [6.45, 7) is 5.03. The Kier molecular flexibility index (Phi) is 2.32. The van der Waals surface area contributed by atoms with Crippen LogP contribution in [0.5, 0.6) is 0 Å². The van der Waals surface area contributed by atoms with Gasteiger partial charge in [-0.25, -0.2) is 0 Å². The molecule has 1 heterocycles. The van der Waals surface area contributed by atoms with Gasteiger partial charge in [0.1, 0.15) is 0 Å². The molecule has 0 saturated carbocycles. The van der Waals surface area contributed by atoms with E-state index in [1.807, 2.05) is 0 Å². The Morgan fingerprint density at radius 2 is 2.30 bits per heavy atom. The van der Waals surface area contributed by atoms with Gasteiger partial charge in [-0.2, -0.15) is 0 Å². The lowest BCUT2D eigenvalue weighted by atomic mass is 9.97. The average Bonchev–Trinajstić information content (AvgIpc) is 2.12. The van der Waals surface area contributed by atoms with Crippen molar-refractivity contribution in [2.75, 3.05) is 6.61 Å². The minimum Gasteiger partial charge on any atom is -0.378 e. The Hall–Kier alpha value is -0.0800. The molecule has 1 unspecified atom stereocenters. The van der Waals surface area contributed by atoms with E-state index in [0.29, 0.717) is 6.10 Å². The van der Waals surface area contributed by atoms with Crippen molar-refractivity contribution in [2.45, 2.75) is 44.8 Å². The van der Waals surface area contributed by atoms with Crippen LogP contribution in [0.1, 0.15) is 33.1 Å². The smallest absolute Gasteiger partial charge is 0.0593 e. The summed E-state index contributed by atoms with van der Waals surface area (Å²) in [5, 5.41) is 0. The van der Waals surface area contributed by atoms with E-state index in [1.54, 1.807) is 0 Å². The molecule has 0 aromatic rings. The first kappa shape index (κ1) is 8.02. The molecule has 10 heavy (non-hydrogen) atoms. The summed E-state index contributed by atoms with van der Waals surface area (Å²) in [6, 6.07) is 0. The fourth-order valence-corrected chi connectivity index (χ4v) is 1.39. The summed E-state index contributed by atoms with van der Waals surface area (Å²) in [5.74, 6) is 0. The topological polar surface area (TPSA) is 35.2 Å². The van der Waals surface area contributed by atoms with Crippen molar-refractivity contribution in [3.8, 4) is 0 Å². The second kappa shape index (κ2) is 2.89. The van der Waals surface area contributed by atoms with E-state index >= 15 is 0 Å². The lowest BCUT2D eigenvalue weighted by molar-refractivity contribution is 0.0887. The van der Waals surface area contributed by atoms with Crippen LogP contribution in [0.4, 0.5) is 0 Å². The maximum absolute atomic E-state index is 5.84. The van der Waals surface area contributed by atoms with Crippen LogP contribution >= 0.6 is 0 Å². The molecule has 2 N–H and O–H groups in total. The zero-order chi connectivity index (χ0) is 7.61. The minimum absolute atomic E-state index is 0.0605. The summed E-state index contributed by atoms with van der Waals surface area (Å²) in [4.78, 5) is 0. The molecule has 1 aliphatic rings. The van der Waals surface area contributed by atoms with Crippen molar-refractivity contribution < 1.29 is 4.74 Å². The van der Waals surface area contributed by atoms with Crippen molar-refractivity contribution in [1.29, 1.82) is 0 Å². The highest BCUT2D eigenvalue weighted by molar-refractivity contribution is 4.78. The minimum atomic E-state index is -0.0605. The summed E-state index contributed by atoms with van der Waals surface area (Å²) in [7, 11) is 0. The molecule has 2 heteroatoms. The van der Waals surface area contributed by atoms with Crippen LogP contribution in [0.15, 0.2) is 0 Å². The fourth-order valence-electron chi connectivity index (χ4n) is 1.39. The van der Waals surface area contributed by atoms with Gasteiger partial charge >= 0.3 is 0 Å². The average molecular weight is 143 g/mol. The predicted octanol–water partition coefficient (Wildman–Crippen LogP) is 1.29. The molecule has 1 saturated heterocycles. The molecule has 60 valence electrons. The molecule has 0 aliphatic carbocycles. The maximum Gasteiger partial charge on any atom is 0.0593 e. The van der Waals surface area contributed by atoms with Crippen LogP contribution in [0.25, 0.3) is 0 Å². The fraction of sp³-hybridized carbons (Fsp3) is 1.00. The van der Waals surface area contributed by atoms with Crippen LogP contribution in [-0.2, 0) is 4.74 Å². The Morgan fingerprint density at radius 1 is 1.60 bits per heavy atom. The molecular formula is C8H17NO. The van der Waals surface area contributed by atoms with E-state index in [-0.39, 0.29) is 5.54 Å². The molecule has 0 radical (unpaired) electrons. The van der Waals surface area contributed by atoms with Crippen molar-refractivity contribution in [2.24, 2.45) is 5.73 Å². The Balaban J connectivity index is 2.24. The van der Waals surface area contributed by atoms with Gasteiger partial charge in [0, 0.05) is 12.1 Å². The molecule has 0 aromatic carbocycles. The third-order valence-corrected chi connectivity index (χ3v) is 1.78. The monoisotopic (exact) mass is 143 g/mol. The lowest BCUT2D eigenvalue weighted by Gasteiger charge is -2.21. The van der Waals surface area contributed by atoms with E-state index in [1.165, 1.54) is 12.8 Å². The Bertz CT molecular complexity index is 100. The second-order valence-electron chi connectivity index (χ2n) is 3.83. The maximum atomic E-state index is 5.84. The van der Waals surface area contributed by atoms with Gasteiger partial charge in [-0.1, -0.05) is 0 Å². The van der Waals surface area contributed by atoms with Crippen LogP contribution < -0.4 is 5.73 Å². The SMILES string of the molecule is CC(C)(N)CC1CCCO1. The number of ether oxygens (including phenoxy) is 1. The van der Waals surface area contributed by atoms with Crippen LogP contribution in [0, 0.1) is 0 Å². The van der Waals surface area contributed by atoms with Crippen molar-refractivity contribution >= 4 is 0 Å². The van der Waals surface area contributed by atoms with Gasteiger partial charge < -0.3 is 10.5 Å². The number of rotatable bonds is 2. The van der Waals surface area contributed by atoms with E-state index in [0.717, 1.165) is 13.0 Å². The molecule has 0 aromatic heterocycles. The molecule has 1 fully saturated rings. The van der Waals surface area contributed by atoms with Gasteiger partial charge in [0.25, 0.3) is 0 Å². The molecule has 0 amide bonds. The van der Waals surface area contributed by atoms with Gasteiger partial charge in [0.05, 0.1) is 6.10 Å². The molecular weight excluding hydrogens is 126 g/mol. The van der Waals surface area contributed by atoms with Crippen LogP contribution in [-0.4, -0.2) is 18.2 Å². The number of nitrogens with two attached hydrogens (primary N) is 1. The van der Waals surface area contributed by atoms with Gasteiger partial charge in [-0.05, 0) is 33.1 Å². The predicted molar refractivity (Wildman–Crippen MR) is 41.9 cm³/mol. The third-order valence-electron chi connectivity index (χ3n) is 1.78. The highest BCUT2D eigenvalue weighted by Crippen LogP contribution is 2.20. The van der Waals surface area contributed by atoms with Crippen LogP contribution in [0.3, 0.4) is 0 Å².